The first kappa shape index (κ1) is 20.9. The number of thiocarbonyl (C=S) groups is 1. The second kappa shape index (κ2) is 8.78. The van der Waals surface area contributed by atoms with Crippen molar-refractivity contribution in [2.24, 2.45) is 0 Å². The number of aryl methyl sites for hydroxylation is 2. The summed E-state index contributed by atoms with van der Waals surface area (Å²) in [5.74, 6) is 1.18. The zero-order valence-corrected chi connectivity index (χ0v) is 18.8. The standard InChI is InChI=1S/C21H20N6O2S2/c1-4-29-16-8-5-14(6-9-16)18(28)23-20(30)22-17-10-7-15(11-12(17)2)19-26-27-13(3)24-25-21(27)31-19/h5-11H,4H2,1-3H3,(H2,22,23,28,30). The number of nitrogens with one attached hydrogen (secondary N) is 2. The molecule has 0 aliphatic heterocycles. The van der Waals surface area contributed by atoms with Gasteiger partial charge in [-0.15, -0.1) is 10.2 Å². The minimum Gasteiger partial charge on any atom is -0.494 e. The molecule has 1 amide bonds. The molecule has 0 bridgehead atoms. The Hall–Kier alpha value is -3.37. The number of fused-ring (bicyclic) bond motifs is 1. The second-order valence-electron chi connectivity index (χ2n) is 6.74. The predicted molar refractivity (Wildman–Crippen MR) is 125 cm³/mol. The summed E-state index contributed by atoms with van der Waals surface area (Å²) in [4.78, 5) is 13.2. The maximum atomic E-state index is 12.4. The van der Waals surface area contributed by atoms with Crippen LogP contribution in [0.1, 0.15) is 28.7 Å². The van der Waals surface area contributed by atoms with E-state index in [0.29, 0.717) is 12.2 Å². The summed E-state index contributed by atoms with van der Waals surface area (Å²) in [6.45, 7) is 6.32. The molecule has 0 spiro atoms. The lowest BCUT2D eigenvalue weighted by Crippen LogP contribution is -2.34. The molecule has 158 valence electrons. The van der Waals surface area contributed by atoms with Gasteiger partial charge < -0.3 is 10.1 Å². The van der Waals surface area contributed by atoms with Gasteiger partial charge in [-0.25, -0.2) is 0 Å². The average molecular weight is 453 g/mol. The molecule has 0 unspecified atom stereocenters. The number of hydrogen-bond acceptors (Lipinski definition) is 7. The Bertz CT molecular complexity index is 1260. The fourth-order valence-electron chi connectivity index (χ4n) is 2.97. The van der Waals surface area contributed by atoms with Gasteiger partial charge in [0, 0.05) is 16.8 Å². The highest BCUT2D eigenvalue weighted by molar-refractivity contribution is 7.80. The molecule has 31 heavy (non-hydrogen) atoms. The molecule has 2 heterocycles. The van der Waals surface area contributed by atoms with Gasteiger partial charge in [0.1, 0.15) is 10.8 Å². The summed E-state index contributed by atoms with van der Waals surface area (Å²) in [5.41, 5.74) is 3.25. The summed E-state index contributed by atoms with van der Waals surface area (Å²) in [6.07, 6.45) is 0. The molecule has 0 fully saturated rings. The van der Waals surface area contributed by atoms with Crippen molar-refractivity contribution in [2.45, 2.75) is 20.8 Å². The van der Waals surface area contributed by atoms with E-state index in [1.165, 1.54) is 11.3 Å². The third kappa shape index (κ3) is 4.54. The van der Waals surface area contributed by atoms with Crippen molar-refractivity contribution in [1.29, 1.82) is 0 Å². The first-order valence-electron chi connectivity index (χ1n) is 9.59. The molecule has 4 rings (SSSR count). The Labute approximate surface area is 188 Å². The van der Waals surface area contributed by atoms with Gasteiger partial charge in [0.25, 0.3) is 5.91 Å². The van der Waals surface area contributed by atoms with Crippen LogP contribution in [0.15, 0.2) is 42.5 Å². The van der Waals surface area contributed by atoms with Gasteiger partial charge >= 0.3 is 0 Å². The second-order valence-corrected chi connectivity index (χ2v) is 8.11. The largest absolute Gasteiger partial charge is 0.494 e. The molecular weight excluding hydrogens is 432 g/mol. The summed E-state index contributed by atoms with van der Waals surface area (Å²) < 4.78 is 7.12. The number of nitrogens with zero attached hydrogens (tertiary/aromatic N) is 4. The minimum atomic E-state index is -0.287. The Morgan fingerprint density at radius 1 is 1.16 bits per heavy atom. The van der Waals surface area contributed by atoms with Crippen molar-refractivity contribution in [3.8, 4) is 16.3 Å². The van der Waals surface area contributed by atoms with Crippen molar-refractivity contribution in [3.63, 3.8) is 0 Å². The van der Waals surface area contributed by atoms with Crippen LogP contribution in [-0.4, -0.2) is 37.4 Å². The van der Waals surface area contributed by atoms with E-state index in [2.05, 4.69) is 25.9 Å². The van der Waals surface area contributed by atoms with Crippen LogP contribution in [0.3, 0.4) is 0 Å². The molecule has 2 aromatic heterocycles. The number of rotatable bonds is 5. The van der Waals surface area contributed by atoms with Gasteiger partial charge in [0.05, 0.1) is 6.61 Å². The lowest BCUT2D eigenvalue weighted by molar-refractivity contribution is 0.0977. The van der Waals surface area contributed by atoms with Gasteiger partial charge in [-0.1, -0.05) is 11.3 Å². The predicted octanol–water partition coefficient (Wildman–Crippen LogP) is 4.00. The van der Waals surface area contributed by atoms with Gasteiger partial charge in [-0.3, -0.25) is 10.1 Å². The van der Waals surface area contributed by atoms with E-state index >= 15 is 0 Å². The number of amides is 1. The number of ether oxygens (including phenoxy) is 1. The molecule has 0 aliphatic rings. The number of carbonyl (C=O) groups excluding carboxylic acids is 1. The van der Waals surface area contributed by atoms with E-state index in [4.69, 9.17) is 17.0 Å². The van der Waals surface area contributed by atoms with Gasteiger partial charge in [-0.2, -0.15) is 9.61 Å². The van der Waals surface area contributed by atoms with E-state index < -0.39 is 0 Å². The van der Waals surface area contributed by atoms with Gasteiger partial charge in [0.2, 0.25) is 4.96 Å². The van der Waals surface area contributed by atoms with Crippen molar-refractivity contribution in [3.05, 3.63) is 59.4 Å². The van der Waals surface area contributed by atoms with E-state index in [9.17, 15) is 4.79 Å². The quantitative estimate of drug-likeness (QED) is 0.442. The van der Waals surface area contributed by atoms with Crippen molar-refractivity contribution in [2.75, 3.05) is 11.9 Å². The molecule has 0 aliphatic carbocycles. The van der Waals surface area contributed by atoms with Crippen LogP contribution in [0, 0.1) is 13.8 Å². The number of hydrogen-bond donors (Lipinski definition) is 2. The summed E-state index contributed by atoms with van der Waals surface area (Å²) in [6, 6.07) is 12.8. The number of benzene rings is 2. The molecule has 0 saturated carbocycles. The molecular formula is C21H20N6O2S2. The fraction of sp³-hybridized carbons (Fsp3) is 0.190. The SMILES string of the molecule is CCOc1ccc(C(=O)NC(=S)Nc2ccc(-c3nn4c(C)nnc4s3)cc2C)cc1. The Morgan fingerprint density at radius 3 is 2.61 bits per heavy atom. The third-order valence-electron chi connectivity index (χ3n) is 4.52. The van der Waals surface area contributed by atoms with Crippen LogP contribution in [0.4, 0.5) is 5.69 Å². The van der Waals surface area contributed by atoms with Gasteiger partial charge in [-0.05, 0) is 81.0 Å². The smallest absolute Gasteiger partial charge is 0.257 e. The number of anilines is 1. The summed E-state index contributed by atoms with van der Waals surface area (Å²) in [5, 5.41) is 19.5. The van der Waals surface area contributed by atoms with Crippen molar-refractivity contribution in [1.82, 2.24) is 25.1 Å². The zero-order chi connectivity index (χ0) is 22.0. The Balaban J connectivity index is 1.42. The van der Waals surface area contributed by atoms with E-state index in [1.807, 2.05) is 39.0 Å². The van der Waals surface area contributed by atoms with E-state index in [1.54, 1.807) is 28.8 Å². The Morgan fingerprint density at radius 2 is 1.94 bits per heavy atom. The van der Waals surface area contributed by atoms with Crippen LogP contribution in [0.25, 0.3) is 15.5 Å². The molecule has 0 radical (unpaired) electrons. The molecule has 0 saturated heterocycles. The summed E-state index contributed by atoms with van der Waals surface area (Å²) in [7, 11) is 0. The number of carbonyl (C=O) groups is 1. The van der Waals surface area contributed by atoms with Crippen LogP contribution in [0.2, 0.25) is 0 Å². The average Bonchev–Trinajstić information content (AvgIpc) is 3.32. The molecule has 2 aromatic carbocycles. The normalized spacial score (nSPS) is 10.8. The molecule has 2 N–H and O–H groups in total. The lowest BCUT2D eigenvalue weighted by Gasteiger charge is -2.12. The Kier molecular flexibility index (Phi) is 5.92. The van der Waals surface area contributed by atoms with Crippen LogP contribution in [-0.2, 0) is 0 Å². The van der Waals surface area contributed by atoms with Crippen molar-refractivity contribution >= 4 is 45.2 Å². The van der Waals surface area contributed by atoms with Crippen LogP contribution in [0.5, 0.6) is 5.75 Å². The zero-order valence-electron chi connectivity index (χ0n) is 17.2. The molecule has 10 heteroatoms. The lowest BCUT2D eigenvalue weighted by atomic mass is 10.1. The topological polar surface area (TPSA) is 93.4 Å². The highest BCUT2D eigenvalue weighted by Crippen LogP contribution is 2.28. The number of aromatic nitrogens is 4. The highest BCUT2D eigenvalue weighted by atomic mass is 32.1. The van der Waals surface area contributed by atoms with E-state index in [0.717, 1.165) is 38.4 Å². The monoisotopic (exact) mass is 452 g/mol. The third-order valence-corrected chi connectivity index (χ3v) is 5.67. The summed E-state index contributed by atoms with van der Waals surface area (Å²) >= 11 is 6.79. The van der Waals surface area contributed by atoms with Crippen molar-refractivity contribution < 1.29 is 9.53 Å². The first-order valence-corrected chi connectivity index (χ1v) is 10.8. The highest BCUT2D eigenvalue weighted by Gasteiger charge is 2.13. The molecule has 8 nitrogen and oxygen atoms in total. The van der Waals surface area contributed by atoms with Gasteiger partial charge in [0.15, 0.2) is 10.9 Å². The van der Waals surface area contributed by atoms with Crippen LogP contribution >= 0.6 is 23.6 Å². The molecule has 0 atom stereocenters. The molecule has 4 aromatic rings. The minimum absolute atomic E-state index is 0.226. The maximum absolute atomic E-state index is 12.4. The maximum Gasteiger partial charge on any atom is 0.257 e. The first-order chi connectivity index (χ1) is 14.9. The van der Waals surface area contributed by atoms with E-state index in [-0.39, 0.29) is 11.0 Å². The fourth-order valence-corrected chi connectivity index (χ4v) is 4.05. The van der Waals surface area contributed by atoms with Crippen LogP contribution < -0.4 is 15.4 Å².